The van der Waals surface area contributed by atoms with E-state index in [-0.39, 0.29) is 23.1 Å². The Morgan fingerprint density at radius 2 is 1.62 bits per heavy atom. The Hall–Kier alpha value is -3.48. The highest BCUT2D eigenvalue weighted by Gasteiger charge is 2.41. The van der Waals surface area contributed by atoms with Crippen LogP contribution in [0.4, 0.5) is 5.69 Å². The molecule has 0 unspecified atom stereocenters. The topological polar surface area (TPSA) is 84.0 Å². The fraction of sp³-hybridized carbons (Fsp3) is 0.273. The average molecular weight is 392 g/mol. The first-order chi connectivity index (χ1) is 13.9. The highest BCUT2D eigenvalue weighted by molar-refractivity contribution is 6.22. The molecular formula is C22H20N2O5. The summed E-state index contributed by atoms with van der Waals surface area (Å²) in [7, 11) is 0. The number of para-hydroxylation sites is 1. The molecule has 0 bridgehead atoms. The van der Waals surface area contributed by atoms with Crippen molar-refractivity contribution >= 4 is 29.4 Å². The van der Waals surface area contributed by atoms with Crippen molar-refractivity contribution in [3.05, 3.63) is 65.2 Å². The van der Waals surface area contributed by atoms with Crippen molar-refractivity contribution in [3.8, 4) is 0 Å². The zero-order valence-electron chi connectivity index (χ0n) is 16.1. The van der Waals surface area contributed by atoms with E-state index in [2.05, 4.69) is 0 Å². The fourth-order valence-electron chi connectivity index (χ4n) is 3.93. The first kappa shape index (κ1) is 18.9. The molecule has 7 nitrogen and oxygen atoms in total. The Morgan fingerprint density at radius 3 is 2.28 bits per heavy atom. The molecule has 2 aromatic rings. The van der Waals surface area contributed by atoms with Crippen molar-refractivity contribution in [2.45, 2.75) is 32.4 Å². The summed E-state index contributed by atoms with van der Waals surface area (Å²) in [6.45, 7) is 2.90. The minimum atomic E-state index is -1.13. The van der Waals surface area contributed by atoms with Gasteiger partial charge in [0.1, 0.15) is 6.04 Å². The zero-order valence-corrected chi connectivity index (χ0v) is 16.1. The van der Waals surface area contributed by atoms with Gasteiger partial charge in [0, 0.05) is 11.7 Å². The molecule has 0 spiro atoms. The first-order valence-corrected chi connectivity index (χ1v) is 9.43. The second kappa shape index (κ2) is 7.16. The molecule has 0 aromatic heterocycles. The van der Waals surface area contributed by atoms with Gasteiger partial charge < -0.3 is 9.64 Å². The Balaban J connectivity index is 1.42. The van der Waals surface area contributed by atoms with Gasteiger partial charge in [0.05, 0.1) is 11.1 Å². The summed E-state index contributed by atoms with van der Waals surface area (Å²) in [6.07, 6.45) is 0.737. The monoisotopic (exact) mass is 392 g/mol. The van der Waals surface area contributed by atoms with Crippen LogP contribution in [0, 0.1) is 0 Å². The minimum Gasteiger partial charge on any atom is -0.454 e. The second-order valence-corrected chi connectivity index (χ2v) is 7.26. The molecule has 7 heteroatoms. The van der Waals surface area contributed by atoms with Crippen LogP contribution in [0.25, 0.3) is 0 Å². The lowest BCUT2D eigenvalue weighted by Crippen LogP contribution is -2.45. The summed E-state index contributed by atoms with van der Waals surface area (Å²) < 4.78 is 5.17. The van der Waals surface area contributed by atoms with E-state index in [4.69, 9.17) is 4.74 Å². The van der Waals surface area contributed by atoms with E-state index >= 15 is 0 Å². The van der Waals surface area contributed by atoms with E-state index in [1.165, 1.54) is 6.92 Å². The van der Waals surface area contributed by atoms with Crippen molar-refractivity contribution in [2.75, 3.05) is 11.5 Å². The van der Waals surface area contributed by atoms with Crippen molar-refractivity contribution in [1.29, 1.82) is 0 Å². The maximum absolute atomic E-state index is 12.7. The number of anilines is 1. The molecule has 148 valence electrons. The lowest BCUT2D eigenvalue weighted by molar-refractivity contribution is -0.151. The smallest absolute Gasteiger partial charge is 0.329 e. The zero-order chi connectivity index (χ0) is 20.7. The highest BCUT2D eigenvalue weighted by Crippen LogP contribution is 2.32. The number of ether oxygens (including phenoxy) is 1. The Bertz CT molecular complexity index is 996. The highest BCUT2D eigenvalue weighted by atomic mass is 16.5. The molecule has 4 rings (SSSR count). The normalized spacial score (nSPS) is 18.5. The van der Waals surface area contributed by atoms with Crippen molar-refractivity contribution < 1.29 is 23.9 Å². The molecule has 0 aliphatic carbocycles. The van der Waals surface area contributed by atoms with Crippen LogP contribution in [0.15, 0.2) is 48.5 Å². The van der Waals surface area contributed by atoms with Gasteiger partial charge in [0.15, 0.2) is 6.61 Å². The third-order valence-electron chi connectivity index (χ3n) is 5.37. The quantitative estimate of drug-likeness (QED) is 0.588. The Kier molecular flexibility index (Phi) is 4.66. The molecule has 29 heavy (non-hydrogen) atoms. The number of carbonyl (C=O) groups is 4. The van der Waals surface area contributed by atoms with Gasteiger partial charge >= 0.3 is 5.97 Å². The van der Waals surface area contributed by atoms with Crippen LogP contribution >= 0.6 is 0 Å². The summed E-state index contributed by atoms with van der Waals surface area (Å²) in [5, 5.41) is 0. The number of esters is 1. The molecule has 2 atom stereocenters. The van der Waals surface area contributed by atoms with Gasteiger partial charge in [0.2, 0.25) is 0 Å². The van der Waals surface area contributed by atoms with Gasteiger partial charge in [-0.15, -0.1) is 0 Å². The van der Waals surface area contributed by atoms with E-state index in [9.17, 15) is 19.2 Å². The first-order valence-electron chi connectivity index (χ1n) is 9.43. The average Bonchev–Trinajstić information content (AvgIpc) is 3.19. The summed E-state index contributed by atoms with van der Waals surface area (Å²) in [5.41, 5.74) is 2.40. The van der Waals surface area contributed by atoms with Crippen molar-refractivity contribution in [2.24, 2.45) is 0 Å². The predicted octanol–water partition coefficient (Wildman–Crippen LogP) is 2.19. The van der Waals surface area contributed by atoms with Crippen molar-refractivity contribution in [3.63, 3.8) is 0 Å². The summed E-state index contributed by atoms with van der Waals surface area (Å²) in [5.74, 6) is -2.22. The number of amides is 3. The predicted molar refractivity (Wildman–Crippen MR) is 104 cm³/mol. The van der Waals surface area contributed by atoms with E-state index in [1.807, 2.05) is 31.2 Å². The molecule has 3 amide bonds. The van der Waals surface area contributed by atoms with Crippen LogP contribution in [0.1, 0.15) is 40.1 Å². The number of fused-ring (bicyclic) bond motifs is 2. The summed E-state index contributed by atoms with van der Waals surface area (Å²) in [6, 6.07) is 12.8. The van der Waals surface area contributed by atoms with E-state index < -0.39 is 30.4 Å². The Morgan fingerprint density at radius 1 is 1.03 bits per heavy atom. The molecular weight excluding hydrogens is 372 g/mol. The van der Waals surface area contributed by atoms with E-state index in [1.54, 1.807) is 29.2 Å². The van der Waals surface area contributed by atoms with Gasteiger partial charge in [-0.05, 0) is 44.0 Å². The number of nitrogens with zero attached hydrogens (tertiary/aromatic N) is 2. The molecule has 0 N–H and O–H groups in total. The SMILES string of the molecule is C[C@H](C(=O)OCC(=O)N1c2ccccc2C[C@H]1C)N1C(=O)c2ccccc2C1=O. The number of carbonyl (C=O) groups excluding carboxylic acids is 4. The number of hydrogen-bond donors (Lipinski definition) is 0. The maximum Gasteiger partial charge on any atom is 0.329 e. The van der Waals surface area contributed by atoms with Crippen LogP contribution < -0.4 is 4.90 Å². The van der Waals surface area contributed by atoms with Crippen LogP contribution in [0.5, 0.6) is 0 Å². The van der Waals surface area contributed by atoms with Crippen LogP contribution in [0.2, 0.25) is 0 Å². The van der Waals surface area contributed by atoms with Gasteiger partial charge in [-0.1, -0.05) is 30.3 Å². The molecule has 2 heterocycles. The number of hydrogen-bond acceptors (Lipinski definition) is 5. The number of rotatable bonds is 4. The molecule has 0 saturated carbocycles. The number of benzene rings is 2. The molecule has 2 aromatic carbocycles. The Labute approximate surface area is 167 Å². The third kappa shape index (κ3) is 3.08. The van der Waals surface area contributed by atoms with E-state index in [0.29, 0.717) is 0 Å². The lowest BCUT2D eigenvalue weighted by Gasteiger charge is -2.24. The van der Waals surface area contributed by atoms with Crippen LogP contribution in [-0.4, -0.2) is 47.3 Å². The second-order valence-electron chi connectivity index (χ2n) is 7.26. The molecule has 2 aliphatic heterocycles. The van der Waals surface area contributed by atoms with E-state index in [0.717, 1.165) is 22.6 Å². The summed E-state index contributed by atoms with van der Waals surface area (Å²) >= 11 is 0. The van der Waals surface area contributed by atoms with Crippen LogP contribution in [-0.2, 0) is 20.7 Å². The minimum absolute atomic E-state index is 0.0349. The van der Waals surface area contributed by atoms with Gasteiger partial charge in [-0.2, -0.15) is 0 Å². The van der Waals surface area contributed by atoms with Gasteiger partial charge in [-0.25, -0.2) is 4.79 Å². The summed E-state index contributed by atoms with van der Waals surface area (Å²) in [4.78, 5) is 52.7. The molecule has 0 saturated heterocycles. The van der Waals surface area contributed by atoms with Gasteiger partial charge in [-0.3, -0.25) is 19.3 Å². The maximum atomic E-state index is 12.7. The molecule has 2 aliphatic rings. The van der Waals surface area contributed by atoms with Crippen LogP contribution in [0.3, 0.4) is 0 Å². The van der Waals surface area contributed by atoms with Gasteiger partial charge in [0.25, 0.3) is 17.7 Å². The largest absolute Gasteiger partial charge is 0.454 e. The molecule has 0 radical (unpaired) electrons. The standard InChI is InChI=1S/C22H20N2O5/c1-13-11-15-7-3-6-10-18(15)23(13)19(25)12-29-22(28)14(2)24-20(26)16-8-4-5-9-17(16)21(24)27/h3-10,13-14H,11-12H2,1-2H3/t13-,14-/m1/s1. The fourth-order valence-corrected chi connectivity index (χ4v) is 3.93. The third-order valence-corrected chi connectivity index (χ3v) is 5.37. The van der Waals surface area contributed by atoms with Crippen molar-refractivity contribution in [1.82, 2.24) is 4.90 Å². The lowest BCUT2D eigenvalue weighted by atomic mass is 10.1. The molecule has 0 fully saturated rings. The number of imide groups is 1.